The van der Waals surface area contributed by atoms with Crippen molar-refractivity contribution >= 4 is 39.7 Å². The molecule has 0 radical (unpaired) electrons. The van der Waals surface area contributed by atoms with Crippen molar-refractivity contribution in [2.24, 2.45) is 0 Å². The number of anilines is 1. The lowest BCUT2D eigenvalue weighted by molar-refractivity contribution is -0.125. The second kappa shape index (κ2) is 4.02. The van der Waals surface area contributed by atoms with Crippen LogP contribution >= 0.6 is 11.8 Å². The summed E-state index contributed by atoms with van der Waals surface area (Å²) in [4.78, 5) is 28.2. The van der Waals surface area contributed by atoms with Crippen molar-refractivity contribution in [2.75, 3.05) is 11.5 Å². The van der Waals surface area contributed by atoms with E-state index in [2.05, 4.69) is 4.98 Å². The van der Waals surface area contributed by atoms with E-state index >= 15 is 0 Å². The fourth-order valence-electron chi connectivity index (χ4n) is 1.73. The molecule has 1 aromatic carbocycles. The van der Waals surface area contributed by atoms with Gasteiger partial charge in [0.05, 0.1) is 5.75 Å². The first-order valence-electron chi connectivity index (χ1n) is 5.25. The highest BCUT2D eigenvalue weighted by Crippen LogP contribution is 2.23. The minimum absolute atomic E-state index is 0.0687. The van der Waals surface area contributed by atoms with Crippen LogP contribution in [0.25, 0.3) is 11.1 Å². The quantitative estimate of drug-likeness (QED) is 0.828. The molecule has 2 heterocycles. The van der Waals surface area contributed by atoms with Gasteiger partial charge in [0.15, 0.2) is 5.58 Å². The van der Waals surface area contributed by atoms with Gasteiger partial charge in [0.1, 0.15) is 12.1 Å². The van der Waals surface area contributed by atoms with Gasteiger partial charge in [-0.1, -0.05) is 11.8 Å². The van der Waals surface area contributed by atoms with E-state index in [1.807, 2.05) is 0 Å². The van der Waals surface area contributed by atoms with Crippen molar-refractivity contribution in [3.05, 3.63) is 24.1 Å². The highest BCUT2D eigenvalue weighted by molar-refractivity contribution is 8.14. The third kappa shape index (κ3) is 1.82. The van der Waals surface area contributed by atoms with Gasteiger partial charge in [0.2, 0.25) is 11.8 Å². The molecule has 1 aromatic heterocycles. The van der Waals surface area contributed by atoms with Crippen LogP contribution in [0.2, 0.25) is 0 Å². The third-order valence-corrected chi connectivity index (χ3v) is 3.45. The maximum absolute atomic E-state index is 11.5. The van der Waals surface area contributed by atoms with Crippen LogP contribution in [-0.4, -0.2) is 26.8 Å². The van der Waals surface area contributed by atoms with E-state index < -0.39 is 0 Å². The van der Waals surface area contributed by atoms with Crippen LogP contribution in [0.3, 0.4) is 0 Å². The summed E-state index contributed by atoms with van der Waals surface area (Å²) in [6, 6.07) is 5.12. The van der Waals surface area contributed by atoms with E-state index in [1.165, 1.54) is 0 Å². The van der Waals surface area contributed by atoms with Gasteiger partial charge < -0.3 is 10.2 Å². The molecular weight excluding hydrogens is 254 g/mol. The van der Waals surface area contributed by atoms with E-state index in [-0.39, 0.29) is 23.4 Å². The molecule has 0 bridgehead atoms. The number of aromatic nitrogens is 1. The van der Waals surface area contributed by atoms with E-state index in [0.717, 1.165) is 16.7 Å². The number of imide groups is 1. The summed E-state index contributed by atoms with van der Waals surface area (Å²) in [6.07, 6.45) is 0. The minimum atomic E-state index is -0.262. The molecule has 1 aliphatic heterocycles. The van der Waals surface area contributed by atoms with E-state index in [1.54, 1.807) is 18.2 Å². The topological polar surface area (TPSA) is 89.4 Å². The maximum atomic E-state index is 11.5. The molecule has 2 N–H and O–H groups in total. The third-order valence-electron chi connectivity index (χ3n) is 2.59. The fourth-order valence-corrected chi connectivity index (χ4v) is 2.45. The lowest BCUT2D eigenvalue weighted by Gasteiger charge is -2.08. The van der Waals surface area contributed by atoms with E-state index in [4.69, 9.17) is 10.2 Å². The number of amides is 2. The van der Waals surface area contributed by atoms with Crippen LogP contribution in [0.15, 0.2) is 22.6 Å². The number of carbonyl (C=O) groups excluding carboxylic acids is 2. The molecule has 0 atom stereocenters. The van der Waals surface area contributed by atoms with Gasteiger partial charge in [-0.25, -0.2) is 4.98 Å². The minimum Gasteiger partial charge on any atom is -0.439 e. The lowest BCUT2D eigenvalue weighted by atomic mass is 10.3. The molecular formula is C11H9N3O3S. The number of hydrogen-bond donors (Lipinski definition) is 1. The molecule has 1 fully saturated rings. The van der Waals surface area contributed by atoms with Crippen molar-refractivity contribution in [3.63, 3.8) is 0 Å². The molecule has 7 heteroatoms. The number of oxazole rings is 1. The molecule has 0 spiro atoms. The fraction of sp³-hybridized carbons (Fsp3) is 0.182. The molecule has 6 nitrogen and oxygen atoms in total. The second-order valence-electron chi connectivity index (χ2n) is 3.87. The summed E-state index contributed by atoms with van der Waals surface area (Å²) in [5.41, 5.74) is 7.42. The van der Waals surface area contributed by atoms with Crippen molar-refractivity contribution in [1.82, 2.24) is 9.88 Å². The van der Waals surface area contributed by atoms with Crippen molar-refractivity contribution in [2.45, 2.75) is 6.54 Å². The summed E-state index contributed by atoms with van der Waals surface area (Å²) < 4.78 is 5.46. The molecule has 1 aliphatic rings. The number of benzene rings is 1. The summed E-state index contributed by atoms with van der Waals surface area (Å²) in [5, 5.41) is -0.262. The van der Waals surface area contributed by atoms with Crippen LogP contribution in [-0.2, 0) is 11.3 Å². The molecule has 2 amide bonds. The highest BCUT2D eigenvalue weighted by Gasteiger charge is 2.31. The van der Waals surface area contributed by atoms with Gasteiger partial charge in [0.25, 0.3) is 5.24 Å². The number of nitrogens with zero attached hydrogens (tertiary/aromatic N) is 2. The largest absolute Gasteiger partial charge is 0.439 e. The predicted octanol–water partition coefficient (Wildman–Crippen LogP) is 1.61. The second-order valence-corrected chi connectivity index (χ2v) is 4.80. The first-order chi connectivity index (χ1) is 8.63. The van der Waals surface area contributed by atoms with Crippen LogP contribution in [0, 0.1) is 0 Å². The number of nitrogens with two attached hydrogens (primary N) is 1. The Labute approximate surface area is 106 Å². The average Bonchev–Trinajstić information content (AvgIpc) is 2.86. The Morgan fingerprint density at radius 1 is 1.44 bits per heavy atom. The zero-order valence-electron chi connectivity index (χ0n) is 9.25. The smallest absolute Gasteiger partial charge is 0.289 e. The summed E-state index contributed by atoms with van der Waals surface area (Å²) in [6.45, 7) is 0.0687. The zero-order valence-corrected chi connectivity index (χ0v) is 10.1. The Hall–Kier alpha value is -2.02. The van der Waals surface area contributed by atoms with Crippen molar-refractivity contribution in [3.8, 4) is 0 Å². The van der Waals surface area contributed by atoms with Gasteiger partial charge in [-0.3, -0.25) is 14.5 Å². The summed E-state index contributed by atoms with van der Waals surface area (Å²) >= 11 is 0.990. The predicted molar refractivity (Wildman–Crippen MR) is 66.8 cm³/mol. The molecule has 0 aliphatic carbocycles. The van der Waals surface area contributed by atoms with Gasteiger partial charge in [0, 0.05) is 11.8 Å². The number of carbonyl (C=O) groups is 2. The Kier molecular flexibility index (Phi) is 2.48. The van der Waals surface area contributed by atoms with Crippen molar-refractivity contribution < 1.29 is 14.0 Å². The average molecular weight is 263 g/mol. The summed E-state index contributed by atoms with van der Waals surface area (Å²) in [5.74, 6) is 0.304. The van der Waals surface area contributed by atoms with Crippen LogP contribution in [0.1, 0.15) is 5.89 Å². The van der Waals surface area contributed by atoms with Gasteiger partial charge in [-0.2, -0.15) is 0 Å². The number of fused-ring (bicyclic) bond motifs is 1. The van der Waals surface area contributed by atoms with Gasteiger partial charge in [-0.15, -0.1) is 0 Å². The van der Waals surface area contributed by atoms with E-state index in [0.29, 0.717) is 22.7 Å². The normalized spacial score (nSPS) is 15.9. The first kappa shape index (κ1) is 11.1. The number of nitrogen functional groups attached to an aromatic ring is 1. The zero-order chi connectivity index (χ0) is 12.7. The lowest BCUT2D eigenvalue weighted by Crippen LogP contribution is -2.27. The molecule has 1 saturated heterocycles. The Morgan fingerprint density at radius 3 is 3.00 bits per heavy atom. The van der Waals surface area contributed by atoms with Gasteiger partial charge in [-0.05, 0) is 12.1 Å². The number of rotatable bonds is 2. The van der Waals surface area contributed by atoms with Crippen molar-refractivity contribution in [1.29, 1.82) is 0 Å². The number of thioether (sulfide) groups is 1. The van der Waals surface area contributed by atoms with Gasteiger partial charge >= 0.3 is 0 Å². The maximum Gasteiger partial charge on any atom is 0.289 e. The highest BCUT2D eigenvalue weighted by atomic mass is 32.2. The van der Waals surface area contributed by atoms with Crippen LogP contribution in [0.4, 0.5) is 10.5 Å². The first-order valence-corrected chi connectivity index (χ1v) is 6.24. The molecule has 92 valence electrons. The Balaban J connectivity index is 1.91. The molecule has 3 rings (SSSR count). The molecule has 2 aromatic rings. The Bertz CT molecular complexity index is 636. The molecule has 18 heavy (non-hydrogen) atoms. The summed E-state index contributed by atoms with van der Waals surface area (Å²) in [7, 11) is 0. The van der Waals surface area contributed by atoms with E-state index in [9.17, 15) is 9.59 Å². The number of hydrogen-bond acceptors (Lipinski definition) is 6. The molecule has 0 unspecified atom stereocenters. The Morgan fingerprint density at radius 2 is 2.28 bits per heavy atom. The van der Waals surface area contributed by atoms with Crippen LogP contribution in [0.5, 0.6) is 0 Å². The van der Waals surface area contributed by atoms with Crippen LogP contribution < -0.4 is 5.73 Å². The monoisotopic (exact) mass is 263 g/mol. The SMILES string of the molecule is Nc1ccc2nc(CN3C(=O)CSC3=O)oc2c1. The molecule has 0 saturated carbocycles. The standard InChI is InChI=1S/C11H9N3O3S/c12-6-1-2-7-8(3-6)17-9(13-7)4-14-10(15)5-18-11(14)16/h1-3H,4-5,12H2.